The average molecular weight is 377 g/mol. The predicted molar refractivity (Wildman–Crippen MR) is 88.5 cm³/mol. The molecular weight excluding hydrogens is 368 g/mol. The van der Waals surface area contributed by atoms with Gasteiger partial charge in [0, 0.05) is 16.7 Å². The van der Waals surface area contributed by atoms with Crippen molar-refractivity contribution in [1.29, 1.82) is 5.26 Å². The minimum atomic E-state index is 0.0558. The van der Waals surface area contributed by atoms with Gasteiger partial charge in [-0.15, -0.1) is 0 Å². The Morgan fingerprint density at radius 3 is 2.36 bits per heavy atom. The fourth-order valence-corrected chi connectivity index (χ4v) is 2.69. The van der Waals surface area contributed by atoms with Crippen molar-refractivity contribution in [2.45, 2.75) is 6.61 Å². The van der Waals surface area contributed by atoms with Crippen LogP contribution in [0.15, 0.2) is 24.3 Å². The summed E-state index contributed by atoms with van der Waals surface area (Å²) < 4.78 is 10.9. The minimum absolute atomic E-state index is 0.0558. The number of ether oxygens (including phenoxy) is 2. The number of nitriles is 1. The summed E-state index contributed by atoms with van der Waals surface area (Å²) in [5.41, 5.74) is 0.909. The van der Waals surface area contributed by atoms with E-state index in [1.807, 2.05) is 6.07 Å². The van der Waals surface area contributed by atoms with E-state index < -0.39 is 0 Å². The van der Waals surface area contributed by atoms with Gasteiger partial charge >= 0.3 is 0 Å². The van der Waals surface area contributed by atoms with Crippen LogP contribution in [0.4, 0.5) is 0 Å². The molecule has 7 heteroatoms. The highest BCUT2D eigenvalue weighted by atomic mass is 35.5. The van der Waals surface area contributed by atoms with Crippen LogP contribution in [0.2, 0.25) is 20.1 Å². The normalized spacial score (nSPS) is 10.2. The van der Waals surface area contributed by atoms with Crippen molar-refractivity contribution in [2.75, 3.05) is 7.11 Å². The van der Waals surface area contributed by atoms with Crippen LogP contribution >= 0.6 is 46.4 Å². The van der Waals surface area contributed by atoms with Gasteiger partial charge in [0.05, 0.1) is 33.8 Å². The minimum Gasteiger partial charge on any atom is -0.493 e. The van der Waals surface area contributed by atoms with Crippen LogP contribution in [0.1, 0.15) is 11.1 Å². The van der Waals surface area contributed by atoms with Gasteiger partial charge in [0.25, 0.3) is 0 Å². The van der Waals surface area contributed by atoms with E-state index in [4.69, 9.17) is 61.1 Å². The number of halogens is 4. The van der Waals surface area contributed by atoms with Crippen molar-refractivity contribution in [2.24, 2.45) is 0 Å². The smallest absolute Gasteiger partial charge is 0.180 e. The largest absolute Gasteiger partial charge is 0.493 e. The van der Waals surface area contributed by atoms with Crippen LogP contribution in [0.5, 0.6) is 11.5 Å². The summed E-state index contributed by atoms with van der Waals surface area (Å²) in [4.78, 5) is 0. The molecule has 22 heavy (non-hydrogen) atoms. The molecule has 0 amide bonds. The van der Waals surface area contributed by atoms with Gasteiger partial charge in [0.1, 0.15) is 6.61 Å². The van der Waals surface area contributed by atoms with Crippen LogP contribution in [0.25, 0.3) is 0 Å². The second kappa shape index (κ2) is 7.30. The van der Waals surface area contributed by atoms with Crippen LogP contribution in [0, 0.1) is 11.3 Å². The van der Waals surface area contributed by atoms with Crippen molar-refractivity contribution >= 4 is 46.4 Å². The quantitative estimate of drug-likeness (QED) is 0.637. The lowest BCUT2D eigenvalue weighted by atomic mass is 10.2. The van der Waals surface area contributed by atoms with Crippen LogP contribution in [-0.2, 0) is 6.61 Å². The number of methoxy groups -OCH3 is 1. The molecule has 0 saturated carbocycles. The van der Waals surface area contributed by atoms with Crippen molar-refractivity contribution in [3.8, 4) is 17.6 Å². The number of hydrogen-bond donors (Lipinski definition) is 0. The molecule has 0 aliphatic heterocycles. The van der Waals surface area contributed by atoms with E-state index in [0.717, 1.165) is 0 Å². The highest BCUT2D eigenvalue weighted by molar-refractivity contribution is 6.44. The van der Waals surface area contributed by atoms with Gasteiger partial charge in [-0.1, -0.05) is 46.4 Å². The Balaban J connectivity index is 2.34. The molecule has 0 aliphatic rings. The molecule has 2 aromatic carbocycles. The van der Waals surface area contributed by atoms with Gasteiger partial charge in [-0.25, -0.2) is 0 Å². The average Bonchev–Trinajstić information content (AvgIpc) is 2.51. The topological polar surface area (TPSA) is 42.2 Å². The third-order valence-electron chi connectivity index (χ3n) is 2.86. The maximum Gasteiger partial charge on any atom is 0.180 e. The van der Waals surface area contributed by atoms with Crippen LogP contribution in [-0.4, -0.2) is 7.11 Å². The zero-order chi connectivity index (χ0) is 16.3. The molecule has 0 atom stereocenters. The Kier molecular flexibility index (Phi) is 5.66. The van der Waals surface area contributed by atoms with E-state index >= 15 is 0 Å². The summed E-state index contributed by atoms with van der Waals surface area (Å²) in [6.07, 6.45) is 0. The molecule has 0 heterocycles. The monoisotopic (exact) mass is 375 g/mol. The Morgan fingerprint density at radius 1 is 1.05 bits per heavy atom. The van der Waals surface area contributed by atoms with Crippen molar-refractivity contribution < 1.29 is 9.47 Å². The molecule has 0 unspecified atom stereocenters. The van der Waals surface area contributed by atoms with E-state index in [-0.39, 0.29) is 11.6 Å². The fourth-order valence-electron chi connectivity index (χ4n) is 1.77. The molecule has 0 saturated heterocycles. The number of benzene rings is 2. The first kappa shape index (κ1) is 17.1. The number of hydrogen-bond acceptors (Lipinski definition) is 3. The molecule has 0 bridgehead atoms. The molecule has 114 valence electrons. The second-order valence-electron chi connectivity index (χ2n) is 4.21. The summed E-state index contributed by atoms with van der Waals surface area (Å²) in [5, 5.41) is 10.3. The van der Waals surface area contributed by atoms with Crippen molar-refractivity contribution in [3.63, 3.8) is 0 Å². The molecule has 0 aliphatic carbocycles. The number of rotatable bonds is 4. The van der Waals surface area contributed by atoms with Gasteiger partial charge in [0.2, 0.25) is 0 Å². The second-order valence-corrected chi connectivity index (χ2v) is 5.81. The van der Waals surface area contributed by atoms with Gasteiger partial charge in [0.15, 0.2) is 11.5 Å². The first-order valence-electron chi connectivity index (χ1n) is 6.00. The fraction of sp³-hybridized carbons (Fsp3) is 0.133. The first-order chi connectivity index (χ1) is 10.5. The highest BCUT2D eigenvalue weighted by Gasteiger charge is 2.15. The molecule has 3 nitrogen and oxygen atoms in total. The third kappa shape index (κ3) is 3.53. The lowest BCUT2D eigenvalue weighted by Crippen LogP contribution is -2.00. The summed E-state index contributed by atoms with van der Waals surface area (Å²) >= 11 is 24.3. The van der Waals surface area contributed by atoms with Gasteiger partial charge in [-0.3, -0.25) is 0 Å². The molecule has 0 radical (unpaired) electrons. The standard InChI is InChI=1S/C15H9Cl4NO2/c1-21-13-5-8(6-20)4-12(18)15(13)22-7-9-10(16)2-3-11(17)14(9)19/h2-5H,7H2,1H3. The van der Waals surface area contributed by atoms with E-state index in [9.17, 15) is 0 Å². The zero-order valence-corrected chi connectivity index (χ0v) is 14.3. The Bertz CT molecular complexity index is 756. The van der Waals surface area contributed by atoms with E-state index in [2.05, 4.69) is 0 Å². The number of nitrogens with zero attached hydrogens (tertiary/aromatic N) is 1. The molecule has 2 rings (SSSR count). The zero-order valence-electron chi connectivity index (χ0n) is 11.3. The summed E-state index contributed by atoms with van der Waals surface area (Å²) in [7, 11) is 1.46. The van der Waals surface area contributed by atoms with Crippen molar-refractivity contribution in [1.82, 2.24) is 0 Å². The van der Waals surface area contributed by atoms with Gasteiger partial charge < -0.3 is 9.47 Å². The maximum absolute atomic E-state index is 8.93. The Labute approximate surface area is 147 Å². The summed E-state index contributed by atoms with van der Waals surface area (Å²) in [6.45, 7) is 0.0558. The van der Waals surface area contributed by atoms with Gasteiger partial charge in [-0.05, 0) is 18.2 Å². The Morgan fingerprint density at radius 2 is 1.73 bits per heavy atom. The van der Waals surface area contributed by atoms with E-state index in [1.165, 1.54) is 19.2 Å². The van der Waals surface area contributed by atoms with E-state index in [0.29, 0.717) is 37.7 Å². The maximum atomic E-state index is 8.93. The first-order valence-corrected chi connectivity index (χ1v) is 7.52. The Hall–Kier alpha value is -1.31. The van der Waals surface area contributed by atoms with Crippen LogP contribution in [0.3, 0.4) is 0 Å². The molecule has 0 fully saturated rings. The summed E-state index contributed by atoms with van der Waals surface area (Å²) in [5.74, 6) is 0.647. The molecule has 0 aromatic heterocycles. The third-order valence-corrected chi connectivity index (χ3v) is 4.34. The van der Waals surface area contributed by atoms with Crippen molar-refractivity contribution in [3.05, 3.63) is 55.5 Å². The summed E-state index contributed by atoms with van der Waals surface area (Å²) in [6, 6.07) is 8.24. The van der Waals surface area contributed by atoms with Crippen LogP contribution < -0.4 is 9.47 Å². The lowest BCUT2D eigenvalue weighted by molar-refractivity contribution is 0.285. The predicted octanol–water partition coefficient (Wildman–Crippen LogP) is 5.76. The molecular formula is C15H9Cl4NO2. The van der Waals surface area contributed by atoms with Gasteiger partial charge in [-0.2, -0.15) is 5.26 Å². The lowest BCUT2D eigenvalue weighted by Gasteiger charge is -2.14. The van der Waals surface area contributed by atoms with E-state index in [1.54, 1.807) is 12.1 Å². The molecule has 0 spiro atoms. The highest BCUT2D eigenvalue weighted by Crippen LogP contribution is 2.38. The molecule has 2 aromatic rings. The SMILES string of the molecule is COc1cc(C#N)cc(Cl)c1OCc1c(Cl)ccc(Cl)c1Cl. The molecule has 0 N–H and O–H groups in total.